The number of rotatable bonds is 7. The van der Waals surface area contributed by atoms with E-state index >= 15 is 0 Å². The third-order valence-corrected chi connectivity index (χ3v) is 7.34. The molecule has 2 aromatic heterocycles. The van der Waals surface area contributed by atoms with Crippen LogP contribution in [0.25, 0.3) is 0 Å². The van der Waals surface area contributed by atoms with Gasteiger partial charge in [-0.2, -0.15) is 0 Å². The van der Waals surface area contributed by atoms with Crippen molar-refractivity contribution in [2.24, 2.45) is 0 Å². The van der Waals surface area contributed by atoms with Crippen molar-refractivity contribution in [2.75, 3.05) is 7.11 Å². The molecule has 0 saturated carbocycles. The van der Waals surface area contributed by atoms with Crippen LogP contribution in [0.15, 0.2) is 52.7 Å². The molecular weight excluding hydrogens is 414 g/mol. The Morgan fingerprint density at radius 3 is 2.73 bits per heavy atom. The fourth-order valence-electron chi connectivity index (χ4n) is 2.33. The quantitative estimate of drug-likeness (QED) is 0.594. The van der Waals surface area contributed by atoms with Crippen molar-refractivity contribution in [2.45, 2.75) is 17.5 Å². The normalized spacial score (nSPS) is 12.9. The van der Waals surface area contributed by atoms with Crippen LogP contribution in [0.3, 0.4) is 0 Å². The van der Waals surface area contributed by atoms with Crippen LogP contribution in [0.1, 0.15) is 20.7 Å². The van der Waals surface area contributed by atoms with E-state index in [-0.39, 0.29) is 17.2 Å². The molecule has 1 aromatic carbocycles. The summed E-state index contributed by atoms with van der Waals surface area (Å²) < 4.78 is 32.8. The van der Waals surface area contributed by atoms with Crippen LogP contribution in [0.2, 0.25) is 5.02 Å². The van der Waals surface area contributed by atoms with Crippen molar-refractivity contribution >= 4 is 44.3 Å². The van der Waals surface area contributed by atoms with Crippen molar-refractivity contribution in [1.29, 1.82) is 0 Å². The van der Waals surface area contributed by atoms with Crippen molar-refractivity contribution in [1.82, 2.24) is 4.72 Å². The molecule has 0 fully saturated rings. The number of sulfonamides is 1. The molecule has 0 saturated heterocycles. The minimum absolute atomic E-state index is 0.0112. The van der Waals surface area contributed by atoms with Crippen molar-refractivity contribution in [3.05, 3.63) is 67.5 Å². The van der Waals surface area contributed by atoms with Gasteiger partial charge in [-0.3, -0.25) is 0 Å². The maximum atomic E-state index is 12.6. The smallest absolute Gasteiger partial charge is 0.244 e. The molecule has 1 atom stereocenters. The molecule has 0 bridgehead atoms. The number of halogens is 1. The van der Waals surface area contributed by atoms with Gasteiger partial charge in [0.15, 0.2) is 0 Å². The molecule has 3 aromatic rings. The zero-order valence-corrected chi connectivity index (χ0v) is 16.9. The molecule has 0 amide bonds. The van der Waals surface area contributed by atoms with Gasteiger partial charge in [0.2, 0.25) is 10.0 Å². The lowest BCUT2D eigenvalue weighted by molar-refractivity contribution is 0.228. The summed E-state index contributed by atoms with van der Waals surface area (Å²) in [7, 11) is -2.39. The molecule has 0 aliphatic rings. The van der Waals surface area contributed by atoms with Crippen molar-refractivity contribution < 1.29 is 18.3 Å². The molecule has 0 aliphatic carbocycles. The molecular formula is C17H16ClNO4S3. The number of hydrogen-bond donors (Lipinski definition) is 2. The number of nitrogens with one attached hydrogen (secondary N) is 1. The summed E-state index contributed by atoms with van der Waals surface area (Å²) in [5, 5.41) is 12.6. The number of aliphatic hydroxyl groups excluding tert-OH is 1. The number of benzene rings is 1. The van der Waals surface area contributed by atoms with Crippen LogP contribution < -0.4 is 9.46 Å². The number of ether oxygens (including phenoxy) is 1. The molecule has 9 heteroatoms. The number of methoxy groups -OCH3 is 1. The standard InChI is InChI=1S/C17H16ClNO4S3/c1-23-13-6-4-11(18)9-16(13)26(21,22)19-10-12-5-7-15(25-12)17(20)14-3-2-8-24-14/h2-9,17,19-20H,10H2,1H3/t17-/m1/s1. The Bertz CT molecular complexity index is 983. The van der Waals surface area contributed by atoms with Gasteiger partial charge < -0.3 is 9.84 Å². The highest BCUT2D eigenvalue weighted by Gasteiger charge is 2.21. The largest absolute Gasteiger partial charge is 0.495 e. The van der Waals surface area contributed by atoms with Crippen LogP contribution in [-0.4, -0.2) is 20.6 Å². The molecule has 5 nitrogen and oxygen atoms in total. The molecule has 26 heavy (non-hydrogen) atoms. The third-order valence-electron chi connectivity index (χ3n) is 3.62. The third kappa shape index (κ3) is 4.28. The van der Waals surface area contributed by atoms with Gasteiger partial charge in [0.25, 0.3) is 0 Å². The van der Waals surface area contributed by atoms with Gasteiger partial charge in [-0.05, 0) is 41.8 Å². The minimum Gasteiger partial charge on any atom is -0.495 e. The zero-order chi connectivity index (χ0) is 18.7. The first-order valence-corrected chi connectivity index (χ1v) is 11.1. The highest BCUT2D eigenvalue weighted by Crippen LogP contribution is 2.31. The van der Waals surface area contributed by atoms with E-state index in [9.17, 15) is 13.5 Å². The molecule has 3 rings (SSSR count). The first kappa shape index (κ1) is 19.3. The Labute approximate surface area is 164 Å². The first-order valence-electron chi connectivity index (χ1n) is 7.54. The second kappa shape index (κ2) is 8.08. The van der Waals surface area contributed by atoms with Crippen LogP contribution in [0.4, 0.5) is 0 Å². The fourth-order valence-corrected chi connectivity index (χ4v) is 5.62. The molecule has 2 heterocycles. The number of hydrogen-bond acceptors (Lipinski definition) is 6. The van der Waals surface area contributed by atoms with Gasteiger partial charge in [-0.25, -0.2) is 13.1 Å². The summed E-state index contributed by atoms with van der Waals surface area (Å²) in [6, 6.07) is 11.8. The minimum atomic E-state index is -3.79. The summed E-state index contributed by atoms with van der Waals surface area (Å²) in [4.78, 5) is 2.40. The van der Waals surface area contributed by atoms with E-state index in [1.165, 1.54) is 41.9 Å². The van der Waals surface area contributed by atoms with E-state index in [0.717, 1.165) is 14.6 Å². The second-order valence-corrected chi connectivity index (χ2v) is 9.69. The molecule has 0 radical (unpaired) electrons. The van der Waals surface area contributed by atoms with Gasteiger partial charge in [0.05, 0.1) is 7.11 Å². The average Bonchev–Trinajstić information content (AvgIpc) is 3.31. The zero-order valence-electron chi connectivity index (χ0n) is 13.7. The van der Waals surface area contributed by atoms with Crippen molar-refractivity contribution in [3.63, 3.8) is 0 Å². The first-order chi connectivity index (χ1) is 12.4. The predicted molar refractivity (Wildman–Crippen MR) is 105 cm³/mol. The van der Waals surface area contributed by atoms with E-state index in [1.807, 2.05) is 17.5 Å². The van der Waals surface area contributed by atoms with Gasteiger partial charge in [-0.15, -0.1) is 22.7 Å². The molecule has 0 unspecified atom stereocenters. The highest BCUT2D eigenvalue weighted by molar-refractivity contribution is 7.89. The Balaban J connectivity index is 1.74. The molecule has 2 N–H and O–H groups in total. The van der Waals surface area contributed by atoms with Gasteiger partial charge >= 0.3 is 0 Å². The SMILES string of the molecule is COc1ccc(Cl)cc1S(=O)(=O)NCc1ccc([C@H](O)c2cccs2)s1. The van der Waals surface area contributed by atoms with Gasteiger partial charge in [0.1, 0.15) is 16.7 Å². The summed E-state index contributed by atoms with van der Waals surface area (Å²) in [5.74, 6) is 0.224. The van der Waals surface area contributed by atoms with E-state index in [2.05, 4.69) is 4.72 Å². The van der Waals surface area contributed by atoms with E-state index in [1.54, 1.807) is 18.2 Å². The summed E-state index contributed by atoms with van der Waals surface area (Å²) in [6.07, 6.45) is -0.696. The second-order valence-electron chi connectivity index (χ2n) is 5.34. The topological polar surface area (TPSA) is 75.6 Å². The van der Waals surface area contributed by atoms with E-state index in [4.69, 9.17) is 16.3 Å². The van der Waals surface area contributed by atoms with Crippen LogP contribution in [0.5, 0.6) is 5.75 Å². The highest BCUT2D eigenvalue weighted by atomic mass is 35.5. The van der Waals surface area contributed by atoms with Gasteiger partial charge in [0, 0.05) is 26.2 Å². The van der Waals surface area contributed by atoms with E-state index in [0.29, 0.717) is 5.02 Å². The maximum absolute atomic E-state index is 12.6. The summed E-state index contributed by atoms with van der Waals surface area (Å²) in [5.41, 5.74) is 0. The van der Waals surface area contributed by atoms with Gasteiger partial charge in [-0.1, -0.05) is 17.7 Å². The summed E-state index contributed by atoms with van der Waals surface area (Å²) >= 11 is 8.75. The Morgan fingerprint density at radius 2 is 2.04 bits per heavy atom. The van der Waals surface area contributed by atoms with E-state index < -0.39 is 16.1 Å². The summed E-state index contributed by atoms with van der Waals surface area (Å²) in [6.45, 7) is 0.111. The Morgan fingerprint density at radius 1 is 1.23 bits per heavy atom. The predicted octanol–water partition coefficient (Wildman–Crippen LogP) is 4.03. The number of aliphatic hydroxyl groups is 1. The fraction of sp³-hybridized carbons (Fsp3) is 0.176. The monoisotopic (exact) mass is 429 g/mol. The maximum Gasteiger partial charge on any atom is 0.244 e. The molecule has 0 aliphatic heterocycles. The van der Waals surface area contributed by atoms with Crippen LogP contribution >= 0.6 is 34.3 Å². The average molecular weight is 430 g/mol. The van der Waals surface area contributed by atoms with Crippen LogP contribution in [-0.2, 0) is 16.6 Å². The molecule has 0 spiro atoms. The lowest BCUT2D eigenvalue weighted by Gasteiger charge is -2.10. The van der Waals surface area contributed by atoms with Crippen molar-refractivity contribution in [3.8, 4) is 5.75 Å². The Kier molecular flexibility index (Phi) is 6.01. The lowest BCUT2D eigenvalue weighted by Crippen LogP contribution is -2.23. The Hall–Kier alpha value is -1.42. The molecule has 138 valence electrons. The van der Waals surface area contributed by atoms with Crippen LogP contribution in [0, 0.1) is 0 Å². The lowest BCUT2D eigenvalue weighted by atomic mass is 10.2. The number of thiophene rings is 2.